The van der Waals surface area contributed by atoms with Gasteiger partial charge in [-0.3, -0.25) is 9.69 Å². The van der Waals surface area contributed by atoms with E-state index < -0.39 is 0 Å². The van der Waals surface area contributed by atoms with E-state index in [1.807, 2.05) is 0 Å². The summed E-state index contributed by atoms with van der Waals surface area (Å²) in [4.78, 5) is 13.1. The van der Waals surface area contributed by atoms with E-state index in [9.17, 15) is 4.79 Å². The third-order valence-electron chi connectivity index (χ3n) is 3.04. The number of primary amides is 1. The van der Waals surface area contributed by atoms with Crippen LogP contribution in [0.15, 0.2) is 0 Å². The number of carbonyl (C=O) groups is 1. The van der Waals surface area contributed by atoms with E-state index in [4.69, 9.17) is 11.5 Å². The first-order valence-corrected chi connectivity index (χ1v) is 5.39. The topological polar surface area (TPSA) is 72.3 Å². The third kappa shape index (κ3) is 2.96. The van der Waals surface area contributed by atoms with Gasteiger partial charge in [0.2, 0.25) is 5.91 Å². The highest BCUT2D eigenvalue weighted by Gasteiger charge is 2.26. The lowest BCUT2D eigenvalue weighted by Crippen LogP contribution is -2.48. The Morgan fingerprint density at radius 2 is 2.07 bits per heavy atom. The molecule has 0 aromatic rings. The minimum Gasteiger partial charge on any atom is -0.369 e. The van der Waals surface area contributed by atoms with Crippen LogP contribution in [0.25, 0.3) is 0 Å². The van der Waals surface area contributed by atoms with Crippen LogP contribution < -0.4 is 11.5 Å². The molecule has 1 saturated carbocycles. The molecular formula is C10H21N3O. The first-order chi connectivity index (χ1) is 6.65. The third-order valence-corrected chi connectivity index (χ3v) is 3.04. The van der Waals surface area contributed by atoms with Crippen molar-refractivity contribution < 1.29 is 4.79 Å². The van der Waals surface area contributed by atoms with Gasteiger partial charge in [-0.2, -0.15) is 0 Å². The van der Waals surface area contributed by atoms with Gasteiger partial charge in [0, 0.05) is 18.6 Å². The molecule has 1 aliphatic carbocycles. The molecule has 0 saturated heterocycles. The second-order valence-electron chi connectivity index (χ2n) is 4.16. The van der Waals surface area contributed by atoms with E-state index >= 15 is 0 Å². The van der Waals surface area contributed by atoms with Crippen LogP contribution in [0, 0.1) is 0 Å². The lowest BCUT2D eigenvalue weighted by atomic mass is 10.1. The summed E-state index contributed by atoms with van der Waals surface area (Å²) in [6.45, 7) is 2.99. The van der Waals surface area contributed by atoms with Crippen molar-refractivity contribution >= 4 is 5.91 Å². The van der Waals surface area contributed by atoms with Gasteiger partial charge in [-0.05, 0) is 19.8 Å². The first-order valence-electron chi connectivity index (χ1n) is 5.39. The summed E-state index contributed by atoms with van der Waals surface area (Å²) in [7, 11) is 0. The fourth-order valence-electron chi connectivity index (χ4n) is 2.20. The number of nitrogens with zero attached hydrogens (tertiary/aromatic N) is 1. The molecule has 0 aromatic heterocycles. The summed E-state index contributed by atoms with van der Waals surface area (Å²) in [6.07, 6.45) is 4.88. The highest BCUT2D eigenvalue weighted by atomic mass is 16.1. The van der Waals surface area contributed by atoms with Gasteiger partial charge < -0.3 is 11.5 Å². The van der Waals surface area contributed by atoms with Gasteiger partial charge in [-0.25, -0.2) is 0 Å². The molecule has 0 heterocycles. The van der Waals surface area contributed by atoms with E-state index in [0.29, 0.717) is 19.1 Å². The summed E-state index contributed by atoms with van der Waals surface area (Å²) in [5, 5.41) is 0. The number of nitrogens with two attached hydrogens (primary N) is 2. The molecule has 1 fully saturated rings. The number of hydrogen-bond acceptors (Lipinski definition) is 3. The Hall–Kier alpha value is -0.610. The van der Waals surface area contributed by atoms with Gasteiger partial charge in [-0.15, -0.1) is 0 Å². The van der Waals surface area contributed by atoms with Crippen LogP contribution in [-0.4, -0.2) is 36.0 Å². The van der Waals surface area contributed by atoms with Gasteiger partial charge in [0.15, 0.2) is 0 Å². The second kappa shape index (κ2) is 5.32. The van der Waals surface area contributed by atoms with E-state index in [0.717, 1.165) is 0 Å². The number of amides is 1. The van der Waals surface area contributed by atoms with Crippen molar-refractivity contribution in [3.63, 3.8) is 0 Å². The predicted molar refractivity (Wildman–Crippen MR) is 56.7 cm³/mol. The van der Waals surface area contributed by atoms with Crippen LogP contribution in [0.3, 0.4) is 0 Å². The molecule has 0 spiro atoms. The van der Waals surface area contributed by atoms with E-state index in [-0.39, 0.29) is 11.9 Å². The maximum atomic E-state index is 10.9. The highest BCUT2D eigenvalue weighted by molar-refractivity contribution is 5.76. The standard InChI is InChI=1S/C10H21N3O/c1-8(6-11)13(7-10(12)14)9-4-2-3-5-9/h8-9H,2-7,11H2,1H3,(H2,12,14). The molecule has 0 aromatic carbocycles. The van der Waals surface area contributed by atoms with Crippen LogP contribution in [0.4, 0.5) is 0 Å². The molecule has 1 aliphatic rings. The van der Waals surface area contributed by atoms with Crippen molar-refractivity contribution in [2.75, 3.05) is 13.1 Å². The fourth-order valence-corrected chi connectivity index (χ4v) is 2.20. The van der Waals surface area contributed by atoms with E-state index in [1.54, 1.807) is 0 Å². The highest BCUT2D eigenvalue weighted by Crippen LogP contribution is 2.24. The van der Waals surface area contributed by atoms with Crippen LogP contribution in [0.1, 0.15) is 32.6 Å². The molecular weight excluding hydrogens is 178 g/mol. The Labute approximate surface area is 85.6 Å². The van der Waals surface area contributed by atoms with Crippen molar-refractivity contribution in [1.29, 1.82) is 0 Å². The fraction of sp³-hybridized carbons (Fsp3) is 0.900. The molecule has 0 radical (unpaired) electrons. The molecule has 0 aliphatic heterocycles. The largest absolute Gasteiger partial charge is 0.369 e. The maximum absolute atomic E-state index is 10.9. The SMILES string of the molecule is CC(CN)N(CC(N)=O)C1CCCC1. The summed E-state index contributed by atoms with van der Waals surface area (Å²) < 4.78 is 0. The van der Waals surface area contributed by atoms with Crippen molar-refractivity contribution in [3.05, 3.63) is 0 Å². The van der Waals surface area contributed by atoms with Gasteiger partial charge in [-0.1, -0.05) is 12.8 Å². The number of rotatable bonds is 5. The van der Waals surface area contributed by atoms with E-state index in [1.165, 1.54) is 25.7 Å². The molecule has 1 rings (SSSR count). The van der Waals surface area contributed by atoms with Gasteiger partial charge in [0.25, 0.3) is 0 Å². The first kappa shape index (κ1) is 11.5. The van der Waals surface area contributed by atoms with Crippen LogP contribution in [-0.2, 0) is 4.79 Å². The number of hydrogen-bond donors (Lipinski definition) is 2. The van der Waals surface area contributed by atoms with Gasteiger partial charge in [0.1, 0.15) is 0 Å². The lowest BCUT2D eigenvalue weighted by molar-refractivity contribution is -0.120. The molecule has 0 bridgehead atoms. The molecule has 14 heavy (non-hydrogen) atoms. The minimum absolute atomic E-state index is 0.253. The molecule has 1 unspecified atom stereocenters. The molecule has 4 N–H and O–H groups in total. The number of carbonyl (C=O) groups excluding carboxylic acids is 1. The average molecular weight is 199 g/mol. The molecule has 4 heteroatoms. The monoisotopic (exact) mass is 199 g/mol. The summed E-state index contributed by atoms with van der Waals surface area (Å²) >= 11 is 0. The van der Waals surface area contributed by atoms with Crippen molar-refractivity contribution in [1.82, 2.24) is 4.90 Å². The summed E-state index contributed by atoms with van der Waals surface area (Å²) in [5.41, 5.74) is 10.9. The lowest BCUT2D eigenvalue weighted by Gasteiger charge is -2.32. The van der Waals surface area contributed by atoms with Gasteiger partial charge in [0.05, 0.1) is 6.54 Å². The Kier molecular flexibility index (Phi) is 4.35. The zero-order valence-corrected chi connectivity index (χ0v) is 8.91. The Balaban J connectivity index is 2.54. The van der Waals surface area contributed by atoms with Crippen molar-refractivity contribution in [2.45, 2.75) is 44.7 Å². The van der Waals surface area contributed by atoms with Crippen LogP contribution in [0.2, 0.25) is 0 Å². The quantitative estimate of drug-likeness (QED) is 0.658. The summed E-state index contributed by atoms with van der Waals surface area (Å²) in [6, 6.07) is 0.770. The minimum atomic E-state index is -0.253. The molecule has 82 valence electrons. The smallest absolute Gasteiger partial charge is 0.231 e. The normalized spacial score (nSPS) is 20.2. The second-order valence-corrected chi connectivity index (χ2v) is 4.16. The summed E-state index contributed by atoms with van der Waals surface area (Å²) in [5.74, 6) is -0.253. The zero-order valence-electron chi connectivity index (χ0n) is 8.91. The van der Waals surface area contributed by atoms with Gasteiger partial charge >= 0.3 is 0 Å². The van der Waals surface area contributed by atoms with Crippen molar-refractivity contribution in [2.24, 2.45) is 11.5 Å². The average Bonchev–Trinajstić information content (AvgIpc) is 2.65. The molecule has 1 atom stereocenters. The van der Waals surface area contributed by atoms with Crippen LogP contribution in [0.5, 0.6) is 0 Å². The zero-order chi connectivity index (χ0) is 10.6. The Morgan fingerprint density at radius 3 is 2.50 bits per heavy atom. The maximum Gasteiger partial charge on any atom is 0.231 e. The van der Waals surface area contributed by atoms with E-state index in [2.05, 4.69) is 11.8 Å². The Bertz CT molecular complexity index is 190. The predicted octanol–water partition coefficient (Wildman–Crippen LogP) is 0.0635. The molecule has 4 nitrogen and oxygen atoms in total. The molecule has 1 amide bonds. The van der Waals surface area contributed by atoms with Crippen LogP contribution >= 0.6 is 0 Å². The Morgan fingerprint density at radius 1 is 1.50 bits per heavy atom. The van der Waals surface area contributed by atoms with Crippen molar-refractivity contribution in [3.8, 4) is 0 Å².